The molecule has 0 unspecified atom stereocenters. The number of ether oxygens (including phenoxy) is 1. The molecule has 1 aliphatic rings. The van der Waals surface area contributed by atoms with E-state index in [9.17, 15) is 4.79 Å². The first-order chi connectivity index (χ1) is 14.0. The summed E-state index contributed by atoms with van der Waals surface area (Å²) in [6.07, 6.45) is 2.42. The van der Waals surface area contributed by atoms with Gasteiger partial charge in [-0.05, 0) is 58.5 Å². The summed E-state index contributed by atoms with van der Waals surface area (Å²) in [6, 6.07) is 7.72. The van der Waals surface area contributed by atoms with Crippen molar-refractivity contribution in [2.75, 3.05) is 53.4 Å². The smallest absolute Gasteiger partial charge is 0.251 e. The average Bonchev–Trinajstić information content (AvgIpc) is 2.72. The summed E-state index contributed by atoms with van der Waals surface area (Å²) >= 11 is 0. The van der Waals surface area contributed by atoms with Crippen molar-refractivity contribution in [3.63, 3.8) is 0 Å². The lowest BCUT2D eigenvalue weighted by molar-refractivity contribution is 0.0263. The Morgan fingerprint density at radius 2 is 1.97 bits per heavy atom. The van der Waals surface area contributed by atoms with Crippen molar-refractivity contribution in [2.45, 2.75) is 39.3 Å². The molecule has 1 saturated heterocycles. The first kappa shape index (κ1) is 26.6. The number of benzene rings is 1. The maximum absolute atomic E-state index is 12.4. The summed E-state index contributed by atoms with van der Waals surface area (Å²) in [5.74, 6) is 0.894. The van der Waals surface area contributed by atoms with Crippen molar-refractivity contribution in [3.8, 4) is 0 Å². The van der Waals surface area contributed by atoms with E-state index in [1.54, 1.807) is 0 Å². The summed E-state index contributed by atoms with van der Waals surface area (Å²) in [4.78, 5) is 21.5. The Bertz CT molecular complexity index is 661. The van der Waals surface area contributed by atoms with Crippen LogP contribution >= 0.6 is 24.0 Å². The van der Waals surface area contributed by atoms with Crippen LogP contribution < -0.4 is 10.6 Å². The van der Waals surface area contributed by atoms with E-state index in [1.807, 2.05) is 43.3 Å². The van der Waals surface area contributed by atoms with Gasteiger partial charge in [0.15, 0.2) is 5.96 Å². The SMILES string of the molecule is CCNC(=NCc1cccc(C(=O)NCCN(C)C)c1)N1CCC(OCC)CC1.I. The second-order valence-corrected chi connectivity index (χ2v) is 7.57. The van der Waals surface area contributed by atoms with E-state index in [0.717, 1.165) is 57.2 Å². The number of rotatable bonds is 9. The first-order valence-corrected chi connectivity index (χ1v) is 10.7. The van der Waals surface area contributed by atoms with Gasteiger partial charge in [-0.1, -0.05) is 12.1 Å². The Morgan fingerprint density at radius 1 is 1.23 bits per heavy atom. The molecule has 1 aromatic carbocycles. The van der Waals surface area contributed by atoms with Crippen LogP contribution in [-0.2, 0) is 11.3 Å². The number of carbonyl (C=O) groups excluding carboxylic acids is 1. The highest BCUT2D eigenvalue weighted by molar-refractivity contribution is 14.0. The van der Waals surface area contributed by atoms with E-state index in [0.29, 0.717) is 24.8 Å². The van der Waals surface area contributed by atoms with E-state index in [-0.39, 0.29) is 29.9 Å². The number of amides is 1. The number of hydrogen-bond donors (Lipinski definition) is 2. The molecule has 8 heteroatoms. The van der Waals surface area contributed by atoms with Crippen LogP contribution in [0.1, 0.15) is 42.6 Å². The Labute approximate surface area is 198 Å². The van der Waals surface area contributed by atoms with Crippen LogP contribution in [0, 0.1) is 0 Å². The minimum Gasteiger partial charge on any atom is -0.378 e. The highest BCUT2D eigenvalue weighted by Crippen LogP contribution is 2.14. The van der Waals surface area contributed by atoms with E-state index in [4.69, 9.17) is 9.73 Å². The third-order valence-corrected chi connectivity index (χ3v) is 4.92. The highest BCUT2D eigenvalue weighted by Gasteiger charge is 2.21. The molecule has 30 heavy (non-hydrogen) atoms. The zero-order valence-corrected chi connectivity index (χ0v) is 21.1. The lowest BCUT2D eigenvalue weighted by atomic mass is 10.1. The quantitative estimate of drug-likeness (QED) is 0.291. The molecule has 170 valence electrons. The van der Waals surface area contributed by atoms with Crippen LogP contribution in [0.25, 0.3) is 0 Å². The van der Waals surface area contributed by atoms with Gasteiger partial charge in [-0.15, -0.1) is 24.0 Å². The van der Waals surface area contributed by atoms with Gasteiger partial charge < -0.3 is 25.2 Å². The second-order valence-electron chi connectivity index (χ2n) is 7.57. The number of nitrogens with one attached hydrogen (secondary N) is 2. The monoisotopic (exact) mass is 531 g/mol. The largest absolute Gasteiger partial charge is 0.378 e. The molecule has 0 spiro atoms. The lowest BCUT2D eigenvalue weighted by Crippen LogP contribution is -2.47. The van der Waals surface area contributed by atoms with Gasteiger partial charge in [0, 0.05) is 44.9 Å². The molecule has 0 bridgehead atoms. The number of carbonyl (C=O) groups is 1. The molecular weight excluding hydrogens is 493 g/mol. The van der Waals surface area contributed by atoms with Gasteiger partial charge >= 0.3 is 0 Å². The minimum atomic E-state index is -0.0393. The van der Waals surface area contributed by atoms with Crippen molar-refractivity contribution in [1.82, 2.24) is 20.4 Å². The Hall–Kier alpha value is -1.39. The van der Waals surface area contributed by atoms with Gasteiger partial charge in [0.05, 0.1) is 12.6 Å². The molecule has 7 nitrogen and oxygen atoms in total. The van der Waals surface area contributed by atoms with Crippen LogP contribution in [0.5, 0.6) is 0 Å². The van der Waals surface area contributed by atoms with Gasteiger partial charge in [0.1, 0.15) is 0 Å². The van der Waals surface area contributed by atoms with E-state index in [2.05, 4.69) is 29.4 Å². The zero-order chi connectivity index (χ0) is 21.1. The zero-order valence-electron chi connectivity index (χ0n) is 18.8. The third-order valence-electron chi connectivity index (χ3n) is 4.92. The third kappa shape index (κ3) is 9.18. The number of likely N-dealkylation sites (tertiary alicyclic amines) is 1. The number of guanidine groups is 1. The van der Waals surface area contributed by atoms with Gasteiger partial charge in [-0.2, -0.15) is 0 Å². The molecule has 1 fully saturated rings. The van der Waals surface area contributed by atoms with Crippen LogP contribution in [0.3, 0.4) is 0 Å². The molecule has 1 aliphatic heterocycles. The van der Waals surface area contributed by atoms with Crippen LogP contribution in [0.2, 0.25) is 0 Å². The fourth-order valence-corrected chi connectivity index (χ4v) is 3.37. The summed E-state index contributed by atoms with van der Waals surface area (Å²) in [5.41, 5.74) is 1.71. The number of nitrogens with zero attached hydrogens (tertiary/aromatic N) is 3. The van der Waals surface area contributed by atoms with Gasteiger partial charge in [0.25, 0.3) is 5.91 Å². The summed E-state index contributed by atoms with van der Waals surface area (Å²) in [5, 5.41) is 6.36. The van der Waals surface area contributed by atoms with E-state index in [1.165, 1.54) is 0 Å². The summed E-state index contributed by atoms with van der Waals surface area (Å²) in [7, 11) is 3.98. The molecule has 1 aromatic rings. The van der Waals surface area contributed by atoms with Gasteiger partial charge in [-0.25, -0.2) is 4.99 Å². The van der Waals surface area contributed by atoms with Crippen molar-refractivity contribution in [2.24, 2.45) is 4.99 Å². The molecule has 1 heterocycles. The fraction of sp³-hybridized carbons (Fsp3) is 0.636. The highest BCUT2D eigenvalue weighted by atomic mass is 127. The normalized spacial score (nSPS) is 15.1. The average molecular weight is 531 g/mol. The minimum absolute atomic E-state index is 0. The second kappa shape index (κ2) is 14.6. The van der Waals surface area contributed by atoms with Gasteiger partial charge in [0.2, 0.25) is 0 Å². The number of halogens is 1. The summed E-state index contributed by atoms with van der Waals surface area (Å²) < 4.78 is 5.75. The van der Waals surface area contributed by atoms with Crippen LogP contribution in [0.15, 0.2) is 29.3 Å². The maximum Gasteiger partial charge on any atom is 0.251 e. The number of hydrogen-bond acceptors (Lipinski definition) is 4. The molecule has 0 aliphatic carbocycles. The molecule has 0 aromatic heterocycles. The predicted octanol–water partition coefficient (Wildman–Crippen LogP) is 2.56. The molecule has 2 rings (SSSR count). The molecule has 0 radical (unpaired) electrons. The van der Waals surface area contributed by atoms with Crippen molar-refractivity contribution in [1.29, 1.82) is 0 Å². The van der Waals surface area contributed by atoms with Crippen molar-refractivity contribution < 1.29 is 9.53 Å². The van der Waals surface area contributed by atoms with Crippen molar-refractivity contribution >= 4 is 35.8 Å². The van der Waals surface area contributed by atoms with E-state index >= 15 is 0 Å². The first-order valence-electron chi connectivity index (χ1n) is 10.7. The number of likely N-dealkylation sites (N-methyl/N-ethyl adjacent to an activating group) is 1. The van der Waals surface area contributed by atoms with E-state index < -0.39 is 0 Å². The Balaban J connectivity index is 0.00000450. The standard InChI is InChI=1S/C22H37N5O2.HI/c1-5-23-22(27-13-10-20(11-14-27)29-6-2)25-17-18-8-7-9-19(16-18)21(28)24-12-15-26(3)4;/h7-9,16,20H,5-6,10-15,17H2,1-4H3,(H,23,25)(H,24,28);1H. The molecular formula is C22H38IN5O2. The molecule has 0 atom stereocenters. The molecule has 1 amide bonds. The topological polar surface area (TPSA) is 69.2 Å². The molecule has 2 N–H and O–H groups in total. The Morgan fingerprint density at radius 3 is 2.60 bits per heavy atom. The van der Waals surface area contributed by atoms with Crippen LogP contribution in [-0.4, -0.2) is 81.2 Å². The van der Waals surface area contributed by atoms with Gasteiger partial charge in [-0.3, -0.25) is 4.79 Å². The van der Waals surface area contributed by atoms with Crippen LogP contribution in [0.4, 0.5) is 0 Å². The Kier molecular flexibility index (Phi) is 13.0. The summed E-state index contributed by atoms with van der Waals surface area (Å²) in [6.45, 7) is 9.65. The van der Waals surface area contributed by atoms with Crippen molar-refractivity contribution in [3.05, 3.63) is 35.4 Å². The lowest BCUT2D eigenvalue weighted by Gasteiger charge is -2.34. The number of aliphatic imine (C=N–C) groups is 1. The predicted molar refractivity (Wildman–Crippen MR) is 134 cm³/mol. The molecule has 0 saturated carbocycles. The fourth-order valence-electron chi connectivity index (χ4n) is 3.37. The number of piperidine rings is 1. The maximum atomic E-state index is 12.4.